The molecule has 2 aliphatic heterocycles. The van der Waals surface area contributed by atoms with Gasteiger partial charge in [0.1, 0.15) is 0 Å². The molecule has 2 unspecified atom stereocenters. The predicted octanol–water partition coefficient (Wildman–Crippen LogP) is 3.32. The van der Waals surface area contributed by atoms with Crippen molar-refractivity contribution in [3.05, 3.63) is 35.2 Å². The zero-order valence-electron chi connectivity index (χ0n) is 15.3. The Morgan fingerprint density at radius 1 is 1.32 bits per heavy atom. The Morgan fingerprint density at radius 3 is 2.76 bits per heavy atom. The highest BCUT2D eigenvalue weighted by atomic mass is 19.1. The average Bonchev–Trinajstić information content (AvgIpc) is 2.89. The van der Waals surface area contributed by atoms with E-state index in [9.17, 15) is 9.18 Å². The average molecular weight is 346 g/mol. The van der Waals surface area contributed by atoms with Crippen LogP contribution in [0.3, 0.4) is 0 Å². The third-order valence-electron chi connectivity index (χ3n) is 5.45. The van der Waals surface area contributed by atoms with E-state index in [1.807, 2.05) is 6.92 Å². The van der Waals surface area contributed by atoms with E-state index < -0.39 is 5.82 Å². The van der Waals surface area contributed by atoms with Crippen molar-refractivity contribution in [3.63, 3.8) is 0 Å². The fourth-order valence-electron chi connectivity index (χ4n) is 4.05. The van der Waals surface area contributed by atoms with E-state index in [1.54, 1.807) is 18.2 Å². The SMILES string of the molecule is CCN1CCC2CCC(C1)N2C(=O)C(C)=Cc1ccc(OC)c(F)c1. The summed E-state index contributed by atoms with van der Waals surface area (Å²) < 4.78 is 18.8. The van der Waals surface area contributed by atoms with Crippen molar-refractivity contribution in [1.29, 1.82) is 0 Å². The molecule has 0 spiro atoms. The molecule has 0 radical (unpaired) electrons. The molecule has 5 heteroatoms. The maximum absolute atomic E-state index is 13.9. The molecule has 2 heterocycles. The molecule has 0 aliphatic carbocycles. The van der Waals surface area contributed by atoms with Crippen molar-refractivity contribution in [2.24, 2.45) is 0 Å². The van der Waals surface area contributed by atoms with Gasteiger partial charge in [-0.3, -0.25) is 4.79 Å². The fourth-order valence-corrected chi connectivity index (χ4v) is 4.05. The summed E-state index contributed by atoms with van der Waals surface area (Å²) in [6.07, 6.45) is 4.99. The Morgan fingerprint density at radius 2 is 2.08 bits per heavy atom. The van der Waals surface area contributed by atoms with Crippen molar-refractivity contribution in [3.8, 4) is 5.75 Å². The molecule has 136 valence electrons. The molecular formula is C20H27FN2O2. The lowest BCUT2D eigenvalue weighted by Crippen LogP contribution is -2.43. The molecule has 0 N–H and O–H groups in total. The number of fused-ring (bicyclic) bond motifs is 2. The molecule has 25 heavy (non-hydrogen) atoms. The molecular weight excluding hydrogens is 319 g/mol. The molecule has 2 bridgehead atoms. The van der Waals surface area contributed by atoms with Crippen molar-refractivity contribution in [2.75, 3.05) is 26.7 Å². The third-order valence-corrected chi connectivity index (χ3v) is 5.45. The molecule has 0 aromatic heterocycles. The number of benzene rings is 1. The number of amides is 1. The number of carbonyl (C=O) groups excluding carboxylic acids is 1. The Hall–Kier alpha value is -1.88. The van der Waals surface area contributed by atoms with E-state index in [1.165, 1.54) is 13.2 Å². The van der Waals surface area contributed by atoms with Crippen LogP contribution in [0, 0.1) is 5.82 Å². The van der Waals surface area contributed by atoms with Crippen LogP contribution in [-0.4, -0.2) is 54.5 Å². The molecule has 1 aromatic carbocycles. The summed E-state index contributed by atoms with van der Waals surface area (Å²) in [4.78, 5) is 17.6. The monoisotopic (exact) mass is 346 g/mol. The highest BCUT2D eigenvalue weighted by Crippen LogP contribution is 2.32. The van der Waals surface area contributed by atoms with Gasteiger partial charge in [-0.1, -0.05) is 13.0 Å². The van der Waals surface area contributed by atoms with E-state index >= 15 is 0 Å². The van der Waals surface area contributed by atoms with Crippen LogP contribution in [-0.2, 0) is 4.79 Å². The summed E-state index contributed by atoms with van der Waals surface area (Å²) in [7, 11) is 1.44. The number of rotatable bonds is 4. The van der Waals surface area contributed by atoms with Gasteiger partial charge in [-0.05, 0) is 56.5 Å². The Balaban J connectivity index is 1.79. The number of ether oxygens (including phenoxy) is 1. The van der Waals surface area contributed by atoms with Crippen molar-refractivity contribution < 1.29 is 13.9 Å². The first-order chi connectivity index (χ1) is 12.0. The van der Waals surface area contributed by atoms with Crippen LogP contribution >= 0.6 is 0 Å². The highest BCUT2D eigenvalue weighted by molar-refractivity contribution is 5.97. The van der Waals surface area contributed by atoms with Crippen molar-refractivity contribution in [2.45, 2.75) is 45.2 Å². The van der Waals surface area contributed by atoms with E-state index in [2.05, 4.69) is 16.7 Å². The lowest BCUT2D eigenvalue weighted by atomic mass is 10.1. The number of methoxy groups -OCH3 is 1. The van der Waals surface area contributed by atoms with Crippen LogP contribution in [0.4, 0.5) is 4.39 Å². The topological polar surface area (TPSA) is 32.8 Å². The van der Waals surface area contributed by atoms with Gasteiger partial charge in [0.15, 0.2) is 11.6 Å². The Bertz CT molecular complexity index is 674. The molecule has 2 aliphatic rings. The summed E-state index contributed by atoms with van der Waals surface area (Å²) in [5.74, 6) is -0.113. The van der Waals surface area contributed by atoms with Gasteiger partial charge in [0, 0.05) is 30.7 Å². The summed E-state index contributed by atoms with van der Waals surface area (Å²) in [6.45, 7) is 7.06. The first kappa shape index (κ1) is 17.9. The second-order valence-corrected chi connectivity index (χ2v) is 7.00. The maximum Gasteiger partial charge on any atom is 0.250 e. The van der Waals surface area contributed by atoms with Gasteiger partial charge >= 0.3 is 0 Å². The number of nitrogens with zero attached hydrogens (tertiary/aromatic N) is 2. The fraction of sp³-hybridized carbons (Fsp3) is 0.550. The van der Waals surface area contributed by atoms with Crippen LogP contribution in [0.5, 0.6) is 5.75 Å². The van der Waals surface area contributed by atoms with Crippen LogP contribution in [0.2, 0.25) is 0 Å². The standard InChI is InChI=1S/C20H27FN2O2/c1-4-22-10-9-16-6-7-17(13-22)23(16)20(24)14(2)11-15-5-8-19(25-3)18(21)12-15/h5,8,11-12,16-17H,4,6-7,9-10,13H2,1-3H3. The molecule has 2 fully saturated rings. The molecule has 1 aromatic rings. The molecule has 2 saturated heterocycles. The molecule has 4 nitrogen and oxygen atoms in total. The normalized spacial score (nSPS) is 24.3. The molecule has 3 rings (SSSR count). The van der Waals surface area contributed by atoms with E-state index in [0.717, 1.165) is 38.9 Å². The highest BCUT2D eigenvalue weighted by Gasteiger charge is 2.39. The molecule has 1 amide bonds. The maximum atomic E-state index is 13.9. The third kappa shape index (κ3) is 3.71. The van der Waals surface area contributed by atoms with E-state index in [-0.39, 0.29) is 11.7 Å². The molecule has 2 atom stereocenters. The summed E-state index contributed by atoms with van der Waals surface area (Å²) >= 11 is 0. The Kier molecular flexibility index (Phi) is 5.42. The summed E-state index contributed by atoms with van der Waals surface area (Å²) in [5, 5.41) is 0. The quantitative estimate of drug-likeness (QED) is 0.784. The van der Waals surface area contributed by atoms with Gasteiger partial charge in [-0.15, -0.1) is 0 Å². The zero-order valence-corrected chi connectivity index (χ0v) is 15.3. The summed E-state index contributed by atoms with van der Waals surface area (Å²) in [6, 6.07) is 5.41. The second-order valence-electron chi connectivity index (χ2n) is 7.00. The molecule has 0 saturated carbocycles. The van der Waals surface area contributed by atoms with Gasteiger partial charge in [-0.25, -0.2) is 4.39 Å². The number of likely N-dealkylation sites (N-methyl/N-ethyl adjacent to an activating group) is 1. The van der Waals surface area contributed by atoms with E-state index in [0.29, 0.717) is 23.2 Å². The van der Waals surface area contributed by atoms with E-state index in [4.69, 9.17) is 4.74 Å². The van der Waals surface area contributed by atoms with Gasteiger partial charge in [0.2, 0.25) is 5.91 Å². The first-order valence-corrected chi connectivity index (χ1v) is 9.10. The number of halogens is 1. The minimum absolute atomic E-state index is 0.0849. The van der Waals surface area contributed by atoms with Crippen molar-refractivity contribution in [1.82, 2.24) is 9.80 Å². The lowest BCUT2D eigenvalue weighted by Gasteiger charge is -2.29. The lowest BCUT2D eigenvalue weighted by molar-refractivity contribution is -0.129. The van der Waals surface area contributed by atoms with Gasteiger partial charge < -0.3 is 14.5 Å². The Labute approximate surface area is 149 Å². The number of likely N-dealkylation sites (tertiary alicyclic amines) is 1. The second kappa shape index (κ2) is 7.56. The zero-order chi connectivity index (χ0) is 18.0. The van der Waals surface area contributed by atoms with Crippen molar-refractivity contribution >= 4 is 12.0 Å². The van der Waals surface area contributed by atoms with Crippen LogP contribution in [0.1, 0.15) is 38.7 Å². The van der Waals surface area contributed by atoms with Crippen LogP contribution in [0.25, 0.3) is 6.08 Å². The van der Waals surface area contributed by atoms with Gasteiger partial charge in [0.25, 0.3) is 0 Å². The number of hydrogen-bond acceptors (Lipinski definition) is 3. The minimum Gasteiger partial charge on any atom is -0.494 e. The van der Waals surface area contributed by atoms with Crippen LogP contribution < -0.4 is 4.74 Å². The van der Waals surface area contributed by atoms with Gasteiger partial charge in [0.05, 0.1) is 7.11 Å². The summed E-state index contributed by atoms with van der Waals surface area (Å²) in [5.41, 5.74) is 1.34. The number of carbonyl (C=O) groups is 1. The smallest absolute Gasteiger partial charge is 0.250 e. The minimum atomic E-state index is -0.412. The number of hydrogen-bond donors (Lipinski definition) is 0. The van der Waals surface area contributed by atoms with Gasteiger partial charge in [-0.2, -0.15) is 0 Å². The first-order valence-electron chi connectivity index (χ1n) is 9.10. The largest absolute Gasteiger partial charge is 0.494 e. The predicted molar refractivity (Wildman–Crippen MR) is 97.0 cm³/mol. The van der Waals surface area contributed by atoms with Crippen LogP contribution in [0.15, 0.2) is 23.8 Å².